The van der Waals surface area contributed by atoms with Crippen molar-refractivity contribution >= 4 is 23.2 Å². The Labute approximate surface area is 316 Å². The van der Waals surface area contributed by atoms with Crippen LogP contribution >= 0.6 is 0 Å². The SMILES string of the molecule is C#Cc1cccc(C(=O)Nc2c(-c3cc(O)ccc3Oc3ccc(O)cc3-c3ccc(O)c(C#C)c3NC(=O)c3cccc(C#C)c3)ccc(O)c2C#C)c1. The molecule has 55 heavy (non-hydrogen) atoms. The van der Waals surface area contributed by atoms with Crippen molar-refractivity contribution in [2.45, 2.75) is 0 Å². The molecule has 0 aliphatic carbocycles. The van der Waals surface area contributed by atoms with Gasteiger partial charge in [0.05, 0.1) is 22.5 Å². The Morgan fingerprint density at radius 2 is 0.909 bits per heavy atom. The van der Waals surface area contributed by atoms with Gasteiger partial charge in [-0.25, -0.2) is 0 Å². The Kier molecular flexibility index (Phi) is 10.2. The predicted molar refractivity (Wildman–Crippen MR) is 211 cm³/mol. The number of hydrogen-bond acceptors (Lipinski definition) is 7. The zero-order valence-corrected chi connectivity index (χ0v) is 28.7. The van der Waals surface area contributed by atoms with Crippen LogP contribution in [0.3, 0.4) is 0 Å². The van der Waals surface area contributed by atoms with Gasteiger partial charge in [0.25, 0.3) is 11.8 Å². The van der Waals surface area contributed by atoms with E-state index < -0.39 is 11.8 Å². The number of carbonyl (C=O) groups excluding carboxylic acids is 2. The van der Waals surface area contributed by atoms with Crippen molar-refractivity contribution in [2.75, 3.05) is 10.6 Å². The summed E-state index contributed by atoms with van der Waals surface area (Å²) in [6.07, 6.45) is 22.7. The fourth-order valence-corrected chi connectivity index (χ4v) is 5.81. The van der Waals surface area contributed by atoms with Gasteiger partial charge in [0.1, 0.15) is 34.5 Å². The van der Waals surface area contributed by atoms with E-state index in [-0.39, 0.29) is 90.4 Å². The lowest BCUT2D eigenvalue weighted by molar-refractivity contribution is 0.101. The first-order chi connectivity index (χ1) is 26.5. The third kappa shape index (κ3) is 7.45. The third-order valence-electron chi connectivity index (χ3n) is 8.44. The molecule has 0 spiro atoms. The number of phenols is 4. The summed E-state index contributed by atoms with van der Waals surface area (Å²) in [7, 11) is 0. The number of hydrogen-bond donors (Lipinski definition) is 6. The van der Waals surface area contributed by atoms with Gasteiger partial charge >= 0.3 is 0 Å². The summed E-state index contributed by atoms with van der Waals surface area (Å²) in [6, 6.07) is 26.8. The van der Waals surface area contributed by atoms with Gasteiger partial charge in [-0.05, 0) is 97.1 Å². The summed E-state index contributed by atoms with van der Waals surface area (Å²) >= 11 is 0. The fraction of sp³-hybridized carbons (Fsp3) is 0. The second-order valence-corrected chi connectivity index (χ2v) is 11.9. The van der Waals surface area contributed by atoms with Crippen LogP contribution in [-0.4, -0.2) is 32.2 Å². The molecule has 9 nitrogen and oxygen atoms in total. The van der Waals surface area contributed by atoms with Crippen LogP contribution in [0.15, 0.2) is 109 Å². The van der Waals surface area contributed by atoms with Crippen molar-refractivity contribution in [2.24, 2.45) is 0 Å². The molecule has 264 valence electrons. The average Bonchev–Trinajstić information content (AvgIpc) is 3.19. The van der Waals surface area contributed by atoms with Gasteiger partial charge in [-0.1, -0.05) is 35.8 Å². The topological polar surface area (TPSA) is 148 Å². The number of anilines is 2. The smallest absolute Gasteiger partial charge is 0.255 e. The van der Waals surface area contributed by atoms with E-state index in [2.05, 4.69) is 34.3 Å². The third-order valence-corrected chi connectivity index (χ3v) is 8.44. The summed E-state index contributed by atoms with van der Waals surface area (Å²) in [5, 5.41) is 48.4. The first-order valence-corrected chi connectivity index (χ1v) is 16.3. The number of benzene rings is 6. The van der Waals surface area contributed by atoms with Gasteiger partial charge in [0.15, 0.2) is 0 Å². The minimum absolute atomic E-state index is 0.0380. The Bertz CT molecular complexity index is 2530. The Morgan fingerprint density at radius 1 is 0.491 bits per heavy atom. The van der Waals surface area contributed by atoms with Gasteiger partial charge in [-0.3, -0.25) is 9.59 Å². The average molecular weight is 721 g/mol. The molecular formula is C46H28N2O7. The zero-order valence-electron chi connectivity index (χ0n) is 28.7. The number of carbonyl (C=O) groups is 2. The number of nitrogens with one attached hydrogen (secondary N) is 2. The van der Waals surface area contributed by atoms with Gasteiger partial charge in [0.2, 0.25) is 0 Å². The number of amides is 2. The first kappa shape index (κ1) is 36.3. The quantitative estimate of drug-likeness (QED) is 0.0872. The van der Waals surface area contributed by atoms with Gasteiger partial charge < -0.3 is 35.8 Å². The molecule has 0 aliphatic rings. The minimum Gasteiger partial charge on any atom is -0.508 e. The van der Waals surface area contributed by atoms with Crippen molar-refractivity contribution in [3.8, 4) is 106 Å². The molecule has 2 amide bonds. The molecule has 0 atom stereocenters. The molecule has 6 rings (SSSR count). The van der Waals surface area contributed by atoms with Crippen molar-refractivity contribution in [3.05, 3.63) is 143 Å². The number of phenolic OH excluding ortho intramolecular Hbond substituents is 4. The molecule has 0 heterocycles. The lowest BCUT2D eigenvalue weighted by atomic mass is 9.96. The van der Waals surface area contributed by atoms with Gasteiger partial charge in [-0.15, -0.1) is 25.7 Å². The maximum absolute atomic E-state index is 13.5. The molecule has 6 aromatic rings. The standard InChI is InChI=1S/C46H28N2O7/c1-5-27-11-9-13-29(23-27)45(53)47-43-33(7-3)39(51)19-17-35(43)37-25-31(49)15-21-41(37)55-42-22-16-32(50)26-38(42)36-18-20-40(52)34(8-4)44(36)48-46(54)30-14-10-12-28(6-2)24-30/h1-4,9-26,49-52H,(H,47,53)(H,48,54). The Balaban J connectivity index is 1.48. The maximum atomic E-state index is 13.5. The van der Waals surface area contributed by atoms with Crippen molar-refractivity contribution in [1.29, 1.82) is 0 Å². The van der Waals surface area contributed by atoms with Crippen molar-refractivity contribution in [3.63, 3.8) is 0 Å². The normalized spacial score (nSPS) is 10.2. The molecule has 0 aromatic heterocycles. The van der Waals surface area contributed by atoms with Crippen LogP contribution in [-0.2, 0) is 0 Å². The highest BCUT2D eigenvalue weighted by molar-refractivity contribution is 6.09. The summed E-state index contributed by atoms with van der Waals surface area (Å²) in [4.78, 5) is 27.0. The van der Waals surface area contributed by atoms with Crippen LogP contribution < -0.4 is 15.4 Å². The monoisotopic (exact) mass is 720 g/mol. The van der Waals surface area contributed by atoms with E-state index in [1.165, 1.54) is 72.8 Å². The summed E-state index contributed by atoms with van der Waals surface area (Å²) < 4.78 is 6.50. The summed E-state index contributed by atoms with van der Waals surface area (Å²) in [5.74, 6) is 7.99. The van der Waals surface area contributed by atoms with E-state index in [9.17, 15) is 30.0 Å². The molecule has 0 bridgehead atoms. The number of rotatable bonds is 8. The van der Waals surface area contributed by atoms with Gasteiger partial charge in [0, 0.05) is 44.5 Å². The minimum atomic E-state index is -0.582. The lowest BCUT2D eigenvalue weighted by Gasteiger charge is -2.20. The highest BCUT2D eigenvalue weighted by Crippen LogP contribution is 2.46. The molecule has 6 N–H and O–H groups in total. The van der Waals surface area contributed by atoms with Crippen LogP contribution in [0.5, 0.6) is 34.5 Å². The molecular weight excluding hydrogens is 693 g/mol. The van der Waals surface area contributed by atoms with Crippen LogP contribution in [0, 0.1) is 49.4 Å². The second-order valence-electron chi connectivity index (χ2n) is 11.9. The van der Waals surface area contributed by atoms with E-state index >= 15 is 0 Å². The Hall–Kier alpha value is -8.50. The van der Waals surface area contributed by atoms with E-state index in [4.69, 9.17) is 30.4 Å². The largest absolute Gasteiger partial charge is 0.508 e. The van der Waals surface area contributed by atoms with Crippen molar-refractivity contribution < 1.29 is 34.8 Å². The van der Waals surface area contributed by atoms with Crippen LogP contribution in [0.25, 0.3) is 22.3 Å². The molecule has 0 radical (unpaired) electrons. The fourth-order valence-electron chi connectivity index (χ4n) is 5.81. The highest BCUT2D eigenvalue weighted by atomic mass is 16.5. The Morgan fingerprint density at radius 3 is 1.29 bits per heavy atom. The molecule has 0 fully saturated rings. The van der Waals surface area contributed by atoms with Gasteiger partial charge in [-0.2, -0.15) is 0 Å². The molecule has 0 saturated heterocycles. The van der Waals surface area contributed by atoms with Crippen LogP contribution in [0.2, 0.25) is 0 Å². The number of terminal acetylenes is 4. The van der Waals surface area contributed by atoms with Crippen LogP contribution in [0.1, 0.15) is 43.0 Å². The molecule has 0 unspecified atom stereocenters. The van der Waals surface area contributed by atoms with E-state index in [1.54, 1.807) is 36.4 Å². The molecule has 9 heteroatoms. The molecule has 6 aromatic carbocycles. The molecule has 0 saturated carbocycles. The predicted octanol–water partition coefficient (Wildman–Crippen LogP) is 8.07. The van der Waals surface area contributed by atoms with Crippen molar-refractivity contribution in [1.82, 2.24) is 0 Å². The van der Waals surface area contributed by atoms with Crippen LogP contribution in [0.4, 0.5) is 11.4 Å². The lowest BCUT2D eigenvalue weighted by Crippen LogP contribution is -2.14. The second kappa shape index (κ2) is 15.4. The van der Waals surface area contributed by atoms with E-state index in [0.717, 1.165) is 0 Å². The first-order valence-electron chi connectivity index (χ1n) is 16.3. The van der Waals surface area contributed by atoms with E-state index in [0.29, 0.717) is 11.1 Å². The maximum Gasteiger partial charge on any atom is 0.255 e. The summed E-state index contributed by atoms with van der Waals surface area (Å²) in [5.41, 5.74) is 2.38. The highest BCUT2D eigenvalue weighted by Gasteiger charge is 2.23. The number of aromatic hydroxyl groups is 4. The summed E-state index contributed by atoms with van der Waals surface area (Å²) in [6.45, 7) is 0. The molecule has 0 aliphatic heterocycles. The van der Waals surface area contributed by atoms with E-state index in [1.807, 2.05) is 0 Å². The number of ether oxygens (including phenoxy) is 1. The zero-order chi connectivity index (χ0) is 39.2.